The Hall–Kier alpha value is -2.90. The molecule has 1 amide bonds. The number of hydrogen-bond acceptors (Lipinski definition) is 10. The molecule has 1 aliphatic heterocycles. The summed E-state index contributed by atoms with van der Waals surface area (Å²) in [5, 5.41) is 54.2. The fourth-order valence-electron chi connectivity index (χ4n) is 7.86. The molecule has 0 aliphatic carbocycles. The lowest BCUT2D eigenvalue weighted by atomic mass is 9.99. The van der Waals surface area contributed by atoms with Crippen LogP contribution in [0, 0.1) is 0 Å². The molecule has 0 aromatic carbocycles. The van der Waals surface area contributed by atoms with E-state index in [9.17, 15) is 35.1 Å². The number of hydrogen-bond donors (Lipinski definition) is 6. The second kappa shape index (κ2) is 46.5. The SMILES string of the molecule is CCCCC/C=C\CCCCCCCC(=O)OCCCCCCCC/C=C\C/C=C\CCC(=O)NC(COC1OC(CO)C(O)C(O)C1O)C(O)/C=C/CC/C=C/CC/C=C/CCCCCCC. The zero-order chi connectivity index (χ0) is 49.6. The molecule has 0 aromatic rings. The maximum Gasteiger partial charge on any atom is 0.305 e. The van der Waals surface area contributed by atoms with Crippen LogP contribution in [0.1, 0.15) is 213 Å². The quantitative estimate of drug-likeness (QED) is 0.0196. The highest BCUT2D eigenvalue weighted by molar-refractivity contribution is 5.76. The number of ether oxygens (including phenoxy) is 3. The Morgan fingerprint density at radius 2 is 1.01 bits per heavy atom. The Balaban J connectivity index is 2.28. The summed E-state index contributed by atoms with van der Waals surface area (Å²) in [7, 11) is 0. The molecule has 1 saturated heterocycles. The van der Waals surface area contributed by atoms with E-state index in [0.717, 1.165) is 77.0 Å². The van der Waals surface area contributed by atoms with Crippen LogP contribution in [0.25, 0.3) is 0 Å². The summed E-state index contributed by atoms with van der Waals surface area (Å²) in [5.74, 6) is -0.332. The number of esters is 1. The van der Waals surface area contributed by atoms with E-state index in [1.54, 1.807) is 6.08 Å². The van der Waals surface area contributed by atoms with Gasteiger partial charge in [-0.3, -0.25) is 9.59 Å². The molecule has 11 heteroatoms. The van der Waals surface area contributed by atoms with E-state index in [2.05, 4.69) is 67.8 Å². The molecule has 0 saturated carbocycles. The molecule has 1 heterocycles. The summed E-state index contributed by atoms with van der Waals surface area (Å²) in [6.07, 6.45) is 49.9. The topological polar surface area (TPSA) is 175 Å². The molecular weight excluding hydrogens is 859 g/mol. The molecule has 7 unspecified atom stereocenters. The van der Waals surface area contributed by atoms with Gasteiger partial charge in [-0.1, -0.05) is 170 Å². The van der Waals surface area contributed by atoms with Gasteiger partial charge in [0.2, 0.25) is 5.91 Å². The zero-order valence-electron chi connectivity index (χ0n) is 42.8. The number of nitrogens with one attached hydrogen (secondary N) is 1. The average Bonchev–Trinajstić information content (AvgIpc) is 3.33. The van der Waals surface area contributed by atoms with Crippen LogP contribution in [0.4, 0.5) is 0 Å². The van der Waals surface area contributed by atoms with Gasteiger partial charge in [0.05, 0.1) is 32.0 Å². The summed E-state index contributed by atoms with van der Waals surface area (Å²) in [6, 6.07) is -0.881. The molecule has 0 bridgehead atoms. The molecule has 0 radical (unpaired) electrons. The Kier molecular flexibility index (Phi) is 43.1. The van der Waals surface area contributed by atoms with Crippen molar-refractivity contribution in [2.75, 3.05) is 19.8 Å². The van der Waals surface area contributed by atoms with Gasteiger partial charge in [0.15, 0.2) is 6.29 Å². The van der Waals surface area contributed by atoms with Gasteiger partial charge in [-0.05, 0) is 103 Å². The fraction of sp³-hybridized carbons (Fsp3) is 0.754. The summed E-state index contributed by atoms with van der Waals surface area (Å²) >= 11 is 0. The Labute approximate surface area is 413 Å². The van der Waals surface area contributed by atoms with Gasteiger partial charge in [0.25, 0.3) is 0 Å². The van der Waals surface area contributed by atoms with Gasteiger partial charge in [-0.15, -0.1) is 0 Å². The second-order valence-electron chi connectivity index (χ2n) is 18.5. The highest BCUT2D eigenvalue weighted by atomic mass is 16.7. The Morgan fingerprint density at radius 3 is 1.60 bits per heavy atom. The van der Waals surface area contributed by atoms with E-state index in [4.69, 9.17) is 14.2 Å². The first kappa shape index (κ1) is 63.1. The average molecular weight is 958 g/mol. The first-order chi connectivity index (χ1) is 33.2. The van der Waals surface area contributed by atoms with E-state index in [0.29, 0.717) is 25.9 Å². The lowest BCUT2D eigenvalue weighted by molar-refractivity contribution is -0.302. The maximum atomic E-state index is 13.0. The Morgan fingerprint density at radius 1 is 0.544 bits per heavy atom. The third kappa shape index (κ3) is 36.1. The maximum absolute atomic E-state index is 13.0. The van der Waals surface area contributed by atoms with Crippen molar-refractivity contribution in [2.45, 2.75) is 256 Å². The van der Waals surface area contributed by atoms with Crippen LogP contribution in [0.3, 0.4) is 0 Å². The number of carbonyl (C=O) groups excluding carboxylic acids is 2. The summed E-state index contributed by atoms with van der Waals surface area (Å²) in [6.45, 7) is 4.17. The number of carbonyl (C=O) groups is 2. The minimum Gasteiger partial charge on any atom is -0.466 e. The first-order valence-corrected chi connectivity index (χ1v) is 27.2. The van der Waals surface area contributed by atoms with Crippen molar-refractivity contribution in [3.63, 3.8) is 0 Å². The van der Waals surface area contributed by atoms with Crippen LogP contribution in [0.5, 0.6) is 0 Å². The summed E-state index contributed by atoms with van der Waals surface area (Å²) < 4.78 is 16.6. The standard InChI is InChI=1S/C57H99NO10/c1-3-5-7-9-11-13-15-17-18-20-23-27-31-35-39-43-50(60)49(48-67-57-56(65)55(64)54(63)51(47-59)68-57)58-52(61)44-40-36-32-28-24-21-19-22-26-30-34-38-42-46-66-53(62)45-41-37-33-29-25-16-14-12-10-8-6-4-2/h12,14-15,17,21,23-24,27,32,36,39,43,49-51,54-57,59-60,63-65H,3-11,13,16,18-20,22,25-26,28-31,33-35,37-38,40-42,44-48H2,1-2H3,(H,58,61)/b14-12-,17-15+,24-21-,27-23+,36-32-,43-39+. The summed E-state index contributed by atoms with van der Waals surface area (Å²) in [5.41, 5.74) is 0. The smallest absolute Gasteiger partial charge is 0.305 e. The van der Waals surface area contributed by atoms with Crippen LogP contribution >= 0.6 is 0 Å². The van der Waals surface area contributed by atoms with Crippen LogP contribution in [-0.4, -0.2) is 100 Å². The van der Waals surface area contributed by atoms with Crippen molar-refractivity contribution in [1.29, 1.82) is 0 Å². The van der Waals surface area contributed by atoms with Gasteiger partial charge in [0, 0.05) is 12.8 Å². The number of aliphatic hydroxyl groups is 5. The van der Waals surface area contributed by atoms with Crippen LogP contribution in [-0.2, 0) is 23.8 Å². The van der Waals surface area contributed by atoms with Gasteiger partial charge in [0.1, 0.15) is 24.4 Å². The van der Waals surface area contributed by atoms with E-state index >= 15 is 0 Å². The van der Waals surface area contributed by atoms with Crippen molar-refractivity contribution in [1.82, 2.24) is 5.32 Å². The van der Waals surface area contributed by atoms with Crippen molar-refractivity contribution >= 4 is 11.9 Å². The van der Waals surface area contributed by atoms with Gasteiger partial charge in [-0.25, -0.2) is 0 Å². The van der Waals surface area contributed by atoms with Crippen LogP contribution in [0.2, 0.25) is 0 Å². The fourth-order valence-corrected chi connectivity index (χ4v) is 7.86. The Bertz CT molecular complexity index is 1360. The molecule has 392 valence electrons. The molecule has 68 heavy (non-hydrogen) atoms. The lowest BCUT2D eigenvalue weighted by Gasteiger charge is -2.40. The minimum atomic E-state index is -1.60. The minimum absolute atomic E-state index is 0.0524. The lowest BCUT2D eigenvalue weighted by Crippen LogP contribution is -2.60. The van der Waals surface area contributed by atoms with Crippen LogP contribution in [0.15, 0.2) is 72.9 Å². The molecule has 0 aromatic heterocycles. The van der Waals surface area contributed by atoms with Crippen molar-refractivity contribution < 1.29 is 49.3 Å². The molecule has 0 spiro atoms. The van der Waals surface area contributed by atoms with E-state index in [1.807, 2.05) is 18.2 Å². The first-order valence-electron chi connectivity index (χ1n) is 27.2. The number of allylic oxidation sites excluding steroid dienone is 11. The van der Waals surface area contributed by atoms with Crippen molar-refractivity contribution in [3.8, 4) is 0 Å². The molecule has 1 fully saturated rings. The highest BCUT2D eigenvalue weighted by Crippen LogP contribution is 2.22. The molecule has 7 atom stereocenters. The predicted octanol–water partition coefficient (Wildman–Crippen LogP) is 11.7. The molecule has 1 rings (SSSR count). The molecular formula is C57H99NO10. The predicted molar refractivity (Wildman–Crippen MR) is 278 cm³/mol. The molecule has 11 nitrogen and oxygen atoms in total. The monoisotopic (exact) mass is 958 g/mol. The third-order valence-corrected chi connectivity index (χ3v) is 12.3. The number of amides is 1. The normalized spacial score (nSPS) is 20.0. The van der Waals surface area contributed by atoms with E-state index in [-0.39, 0.29) is 24.9 Å². The van der Waals surface area contributed by atoms with E-state index < -0.39 is 49.5 Å². The number of rotatable bonds is 45. The highest BCUT2D eigenvalue weighted by Gasteiger charge is 2.44. The van der Waals surface area contributed by atoms with Gasteiger partial charge in [-0.2, -0.15) is 0 Å². The second-order valence-corrected chi connectivity index (χ2v) is 18.5. The largest absolute Gasteiger partial charge is 0.466 e. The van der Waals surface area contributed by atoms with Crippen molar-refractivity contribution in [3.05, 3.63) is 72.9 Å². The molecule has 6 N–H and O–H groups in total. The third-order valence-electron chi connectivity index (χ3n) is 12.3. The van der Waals surface area contributed by atoms with Crippen LogP contribution < -0.4 is 5.32 Å². The van der Waals surface area contributed by atoms with Crippen molar-refractivity contribution in [2.24, 2.45) is 0 Å². The van der Waals surface area contributed by atoms with Gasteiger partial charge < -0.3 is 45.1 Å². The number of aliphatic hydroxyl groups excluding tert-OH is 5. The van der Waals surface area contributed by atoms with E-state index in [1.165, 1.54) is 96.3 Å². The summed E-state index contributed by atoms with van der Waals surface area (Å²) in [4.78, 5) is 25.0. The van der Waals surface area contributed by atoms with Gasteiger partial charge >= 0.3 is 5.97 Å². The molecule has 1 aliphatic rings. The zero-order valence-corrected chi connectivity index (χ0v) is 42.8. The number of unbranched alkanes of at least 4 members (excludes halogenated alkanes) is 21.